The summed E-state index contributed by atoms with van der Waals surface area (Å²) in [6.07, 6.45) is 5.01. The Labute approximate surface area is 137 Å². The number of anilines is 1. The van der Waals surface area contributed by atoms with Crippen LogP contribution in [0.1, 0.15) is 29.7 Å². The molecule has 0 atom stereocenters. The van der Waals surface area contributed by atoms with E-state index in [2.05, 4.69) is 53.1 Å². The van der Waals surface area contributed by atoms with Gasteiger partial charge in [-0.1, -0.05) is 42.5 Å². The van der Waals surface area contributed by atoms with Crippen LogP contribution in [0.4, 0.5) is 5.69 Å². The van der Waals surface area contributed by atoms with E-state index >= 15 is 0 Å². The van der Waals surface area contributed by atoms with Gasteiger partial charge in [0.05, 0.1) is 0 Å². The molecule has 0 aliphatic heterocycles. The van der Waals surface area contributed by atoms with Crippen molar-refractivity contribution < 1.29 is 0 Å². The van der Waals surface area contributed by atoms with E-state index in [4.69, 9.17) is 5.73 Å². The summed E-state index contributed by atoms with van der Waals surface area (Å²) >= 11 is 0. The van der Waals surface area contributed by atoms with E-state index in [1.165, 1.54) is 53.8 Å². The molecule has 1 aromatic heterocycles. The first kappa shape index (κ1) is 14.1. The van der Waals surface area contributed by atoms with Gasteiger partial charge in [0.1, 0.15) is 0 Å². The van der Waals surface area contributed by atoms with Gasteiger partial charge in [-0.15, -0.1) is 0 Å². The van der Waals surface area contributed by atoms with Crippen molar-refractivity contribution in [1.29, 1.82) is 0 Å². The molecule has 0 fully saturated rings. The van der Waals surface area contributed by atoms with Crippen LogP contribution in [0.25, 0.3) is 11.3 Å². The van der Waals surface area contributed by atoms with Gasteiger partial charge in [0.25, 0.3) is 0 Å². The van der Waals surface area contributed by atoms with Gasteiger partial charge in [0.15, 0.2) is 0 Å². The van der Waals surface area contributed by atoms with Crippen LogP contribution in [0.5, 0.6) is 0 Å². The molecule has 1 aliphatic rings. The van der Waals surface area contributed by atoms with Crippen molar-refractivity contribution in [2.75, 3.05) is 5.73 Å². The topological polar surface area (TPSA) is 30.9 Å². The first-order chi connectivity index (χ1) is 11.3. The zero-order chi connectivity index (χ0) is 15.6. The monoisotopic (exact) mass is 302 g/mol. The lowest BCUT2D eigenvalue weighted by Gasteiger charge is -2.17. The highest BCUT2D eigenvalue weighted by atomic mass is 15.0. The van der Waals surface area contributed by atoms with Gasteiger partial charge < -0.3 is 10.3 Å². The second kappa shape index (κ2) is 5.96. The standard InChI is InChI=1S/C21H22N2/c22-19-12-10-17(11-13-19)21-14-18-8-4-5-9-20(18)23(21)15-16-6-2-1-3-7-16/h1-3,6-7,10-14H,4-5,8-9,15,22H2. The summed E-state index contributed by atoms with van der Waals surface area (Å²) in [5.41, 5.74) is 13.7. The predicted octanol–water partition coefficient (Wildman–Crippen LogP) is 4.66. The number of fused-ring (bicyclic) bond motifs is 1. The van der Waals surface area contributed by atoms with E-state index in [1.807, 2.05) is 12.1 Å². The average Bonchev–Trinajstić information content (AvgIpc) is 2.95. The fourth-order valence-electron chi connectivity index (χ4n) is 3.60. The number of rotatable bonds is 3. The van der Waals surface area contributed by atoms with Crippen LogP contribution in [0.3, 0.4) is 0 Å². The van der Waals surface area contributed by atoms with Crippen LogP contribution in [0.2, 0.25) is 0 Å². The molecule has 0 radical (unpaired) electrons. The minimum Gasteiger partial charge on any atom is -0.399 e. The molecule has 0 saturated heterocycles. The van der Waals surface area contributed by atoms with E-state index in [1.54, 1.807) is 0 Å². The van der Waals surface area contributed by atoms with Crippen LogP contribution in [0.15, 0.2) is 60.7 Å². The molecule has 2 aromatic carbocycles. The van der Waals surface area contributed by atoms with Crippen molar-refractivity contribution in [3.8, 4) is 11.3 Å². The third-order valence-electron chi connectivity index (χ3n) is 4.80. The average molecular weight is 302 g/mol. The number of nitrogens with two attached hydrogens (primary N) is 1. The Morgan fingerprint density at radius 1 is 0.870 bits per heavy atom. The molecule has 1 aliphatic carbocycles. The van der Waals surface area contributed by atoms with Crippen LogP contribution >= 0.6 is 0 Å². The van der Waals surface area contributed by atoms with Crippen LogP contribution in [-0.4, -0.2) is 4.57 Å². The maximum Gasteiger partial charge on any atom is 0.0488 e. The largest absolute Gasteiger partial charge is 0.399 e. The maximum absolute atomic E-state index is 5.86. The Hall–Kier alpha value is -2.48. The van der Waals surface area contributed by atoms with Gasteiger partial charge in [0.2, 0.25) is 0 Å². The molecule has 0 amide bonds. The van der Waals surface area contributed by atoms with E-state index in [0.29, 0.717) is 0 Å². The normalized spacial score (nSPS) is 13.7. The van der Waals surface area contributed by atoms with Crippen molar-refractivity contribution in [3.63, 3.8) is 0 Å². The Morgan fingerprint density at radius 3 is 2.39 bits per heavy atom. The molecule has 0 unspecified atom stereocenters. The molecule has 2 heteroatoms. The van der Waals surface area contributed by atoms with Crippen LogP contribution < -0.4 is 5.73 Å². The van der Waals surface area contributed by atoms with Gasteiger partial charge in [0, 0.05) is 23.6 Å². The molecular weight excluding hydrogens is 280 g/mol. The van der Waals surface area contributed by atoms with Crippen LogP contribution in [0, 0.1) is 0 Å². The molecular formula is C21H22N2. The predicted molar refractivity (Wildman–Crippen MR) is 96.5 cm³/mol. The van der Waals surface area contributed by atoms with Gasteiger partial charge in [-0.3, -0.25) is 0 Å². The number of nitrogens with zero attached hydrogens (tertiary/aromatic N) is 1. The Bertz CT molecular complexity index is 798. The summed E-state index contributed by atoms with van der Waals surface area (Å²) in [4.78, 5) is 0. The van der Waals surface area contributed by atoms with Crippen molar-refractivity contribution in [2.24, 2.45) is 0 Å². The fraction of sp³-hybridized carbons (Fsp3) is 0.238. The van der Waals surface area contributed by atoms with Gasteiger partial charge >= 0.3 is 0 Å². The molecule has 116 valence electrons. The third kappa shape index (κ3) is 2.77. The summed E-state index contributed by atoms with van der Waals surface area (Å²) in [5, 5.41) is 0. The van der Waals surface area contributed by atoms with Crippen molar-refractivity contribution >= 4 is 5.69 Å². The maximum atomic E-state index is 5.86. The highest BCUT2D eigenvalue weighted by Gasteiger charge is 2.19. The number of aromatic nitrogens is 1. The lowest BCUT2D eigenvalue weighted by Crippen LogP contribution is -2.10. The van der Waals surface area contributed by atoms with Crippen molar-refractivity contribution in [2.45, 2.75) is 32.2 Å². The van der Waals surface area contributed by atoms with Crippen LogP contribution in [-0.2, 0) is 19.4 Å². The zero-order valence-electron chi connectivity index (χ0n) is 13.3. The molecule has 2 N–H and O–H groups in total. The fourth-order valence-corrected chi connectivity index (χ4v) is 3.60. The van der Waals surface area contributed by atoms with Gasteiger partial charge in [-0.2, -0.15) is 0 Å². The third-order valence-corrected chi connectivity index (χ3v) is 4.80. The van der Waals surface area contributed by atoms with Gasteiger partial charge in [-0.05, 0) is 60.6 Å². The number of benzene rings is 2. The number of hydrogen-bond acceptors (Lipinski definition) is 1. The van der Waals surface area contributed by atoms with E-state index < -0.39 is 0 Å². The number of hydrogen-bond donors (Lipinski definition) is 1. The molecule has 1 heterocycles. The second-order valence-electron chi connectivity index (χ2n) is 6.40. The molecule has 0 saturated carbocycles. The molecule has 2 nitrogen and oxygen atoms in total. The van der Waals surface area contributed by atoms with E-state index in [-0.39, 0.29) is 0 Å². The highest BCUT2D eigenvalue weighted by Crippen LogP contribution is 2.32. The molecule has 23 heavy (non-hydrogen) atoms. The first-order valence-electron chi connectivity index (χ1n) is 8.42. The lowest BCUT2D eigenvalue weighted by atomic mass is 9.98. The van der Waals surface area contributed by atoms with Gasteiger partial charge in [-0.25, -0.2) is 0 Å². The summed E-state index contributed by atoms with van der Waals surface area (Å²) in [5.74, 6) is 0. The lowest BCUT2D eigenvalue weighted by molar-refractivity contribution is 0.633. The van der Waals surface area contributed by atoms with Crippen molar-refractivity contribution in [3.05, 3.63) is 77.5 Å². The zero-order valence-corrected chi connectivity index (χ0v) is 13.3. The molecule has 0 bridgehead atoms. The molecule has 3 aromatic rings. The Balaban J connectivity index is 1.81. The minimum atomic E-state index is 0.819. The highest BCUT2D eigenvalue weighted by molar-refractivity contribution is 5.65. The number of nitrogen functional groups attached to an aromatic ring is 1. The van der Waals surface area contributed by atoms with E-state index in [9.17, 15) is 0 Å². The summed E-state index contributed by atoms with van der Waals surface area (Å²) < 4.78 is 2.51. The smallest absolute Gasteiger partial charge is 0.0488 e. The second-order valence-corrected chi connectivity index (χ2v) is 6.40. The minimum absolute atomic E-state index is 0.819. The van der Waals surface area contributed by atoms with E-state index in [0.717, 1.165) is 12.2 Å². The Morgan fingerprint density at radius 2 is 1.61 bits per heavy atom. The SMILES string of the molecule is Nc1ccc(-c2cc3c(n2Cc2ccccc2)CCCC3)cc1. The quantitative estimate of drug-likeness (QED) is 0.701. The summed E-state index contributed by atoms with van der Waals surface area (Å²) in [7, 11) is 0. The molecule has 0 spiro atoms. The Kier molecular flexibility index (Phi) is 3.66. The first-order valence-corrected chi connectivity index (χ1v) is 8.42. The summed E-state index contributed by atoms with van der Waals surface area (Å²) in [6, 6.07) is 21.4. The summed E-state index contributed by atoms with van der Waals surface area (Å²) in [6.45, 7) is 0.940. The number of aryl methyl sites for hydroxylation is 1. The van der Waals surface area contributed by atoms with Crippen molar-refractivity contribution in [1.82, 2.24) is 4.57 Å². The molecule has 4 rings (SSSR count).